The smallest absolute Gasteiger partial charge is 0.335 e. The number of rotatable bonds is 4. The zero-order valence-electron chi connectivity index (χ0n) is 13.0. The van der Waals surface area contributed by atoms with Crippen LogP contribution in [0.2, 0.25) is 0 Å². The van der Waals surface area contributed by atoms with Gasteiger partial charge in [-0.1, -0.05) is 0 Å². The summed E-state index contributed by atoms with van der Waals surface area (Å²) in [7, 11) is 1.77. The molecule has 2 N–H and O–H groups in total. The van der Waals surface area contributed by atoms with E-state index in [1.54, 1.807) is 29.0 Å². The second-order valence-corrected chi connectivity index (χ2v) is 5.56. The number of hydrogen-bond acceptors (Lipinski definition) is 4. The van der Waals surface area contributed by atoms with Gasteiger partial charge in [-0.2, -0.15) is 5.10 Å². The summed E-state index contributed by atoms with van der Waals surface area (Å²) in [6, 6.07) is 4.97. The maximum atomic E-state index is 12.4. The Morgan fingerprint density at radius 1 is 1.25 bits per heavy atom. The van der Waals surface area contributed by atoms with Crippen LogP contribution in [0.25, 0.3) is 0 Å². The van der Waals surface area contributed by atoms with Crippen LogP contribution in [-0.4, -0.2) is 45.3 Å². The van der Waals surface area contributed by atoms with Crippen molar-refractivity contribution in [3.05, 3.63) is 47.8 Å². The van der Waals surface area contributed by atoms with Crippen LogP contribution in [-0.2, 0) is 11.8 Å². The molecule has 1 fully saturated rings. The van der Waals surface area contributed by atoms with Crippen molar-refractivity contribution >= 4 is 23.5 Å². The van der Waals surface area contributed by atoms with E-state index in [-0.39, 0.29) is 11.5 Å². The molecule has 24 heavy (non-hydrogen) atoms. The Hall–Kier alpha value is -3.16. The minimum absolute atomic E-state index is 0.103. The van der Waals surface area contributed by atoms with Crippen molar-refractivity contribution in [3.63, 3.8) is 0 Å². The molecule has 3 rings (SSSR count). The van der Waals surface area contributed by atoms with Crippen molar-refractivity contribution in [3.8, 4) is 0 Å². The number of carbonyl (C=O) groups excluding carboxylic acids is 2. The zero-order valence-corrected chi connectivity index (χ0v) is 13.0. The summed E-state index contributed by atoms with van der Waals surface area (Å²) in [6.07, 6.45) is 3.85. The van der Waals surface area contributed by atoms with Crippen LogP contribution in [0.15, 0.2) is 36.7 Å². The summed E-state index contributed by atoms with van der Waals surface area (Å²) in [6.45, 7) is 0.507. The van der Waals surface area contributed by atoms with E-state index >= 15 is 0 Å². The molecule has 0 bridgehead atoms. The van der Waals surface area contributed by atoms with Gasteiger partial charge in [0.25, 0.3) is 5.91 Å². The Balaban J connectivity index is 1.66. The average Bonchev–Trinajstić information content (AvgIpc) is 3.14. The molecule has 0 saturated carbocycles. The number of carbonyl (C=O) groups is 3. The van der Waals surface area contributed by atoms with Gasteiger partial charge in [-0.25, -0.2) is 4.79 Å². The number of nitrogens with zero attached hydrogens (tertiary/aromatic N) is 3. The minimum atomic E-state index is -1.06. The van der Waals surface area contributed by atoms with Gasteiger partial charge in [-0.15, -0.1) is 0 Å². The molecule has 0 aliphatic carbocycles. The molecule has 1 aliphatic heterocycles. The van der Waals surface area contributed by atoms with Crippen LogP contribution in [0.4, 0.5) is 5.69 Å². The number of aromatic nitrogens is 2. The van der Waals surface area contributed by atoms with E-state index in [4.69, 9.17) is 5.11 Å². The molecule has 0 unspecified atom stereocenters. The first kappa shape index (κ1) is 15.7. The molecular weight excluding hydrogens is 312 g/mol. The lowest BCUT2D eigenvalue weighted by atomic mass is 10.1. The van der Waals surface area contributed by atoms with E-state index in [2.05, 4.69) is 10.4 Å². The van der Waals surface area contributed by atoms with E-state index in [0.29, 0.717) is 24.2 Å². The van der Waals surface area contributed by atoms with Gasteiger partial charge in [0.05, 0.1) is 17.4 Å². The lowest BCUT2D eigenvalue weighted by Crippen LogP contribution is -2.41. The van der Waals surface area contributed by atoms with Crippen molar-refractivity contribution in [2.24, 2.45) is 7.05 Å². The van der Waals surface area contributed by atoms with Crippen LogP contribution >= 0.6 is 0 Å². The summed E-state index contributed by atoms with van der Waals surface area (Å²) >= 11 is 0. The summed E-state index contributed by atoms with van der Waals surface area (Å²) in [5.74, 6) is -1.64. The Kier molecular flexibility index (Phi) is 4.03. The fourth-order valence-electron chi connectivity index (χ4n) is 2.62. The van der Waals surface area contributed by atoms with E-state index in [0.717, 1.165) is 0 Å². The third kappa shape index (κ3) is 2.98. The Morgan fingerprint density at radius 3 is 2.50 bits per heavy atom. The van der Waals surface area contributed by atoms with Crippen molar-refractivity contribution in [1.82, 2.24) is 15.1 Å². The summed E-state index contributed by atoms with van der Waals surface area (Å²) in [4.78, 5) is 37.1. The summed E-state index contributed by atoms with van der Waals surface area (Å²) < 4.78 is 1.61. The predicted molar refractivity (Wildman–Crippen MR) is 84.8 cm³/mol. The fraction of sp³-hybridized carbons (Fsp3) is 0.250. The van der Waals surface area contributed by atoms with Crippen molar-refractivity contribution in [2.45, 2.75) is 12.5 Å². The number of aryl methyl sites for hydroxylation is 1. The molecule has 0 radical (unpaired) electrons. The van der Waals surface area contributed by atoms with E-state index < -0.39 is 17.9 Å². The highest BCUT2D eigenvalue weighted by molar-refractivity contribution is 6.04. The first-order valence-electron chi connectivity index (χ1n) is 7.40. The van der Waals surface area contributed by atoms with Gasteiger partial charge in [0, 0.05) is 25.4 Å². The zero-order chi connectivity index (χ0) is 17.3. The van der Waals surface area contributed by atoms with Crippen LogP contribution in [0.3, 0.4) is 0 Å². The van der Waals surface area contributed by atoms with Gasteiger partial charge in [-0.05, 0) is 30.7 Å². The molecular formula is C16H16N4O4. The second-order valence-electron chi connectivity index (χ2n) is 5.56. The van der Waals surface area contributed by atoms with Gasteiger partial charge < -0.3 is 15.3 Å². The predicted octanol–water partition coefficient (Wildman–Crippen LogP) is 0.654. The number of carboxylic acids is 1. The molecule has 2 aromatic rings. The quantitative estimate of drug-likeness (QED) is 0.857. The van der Waals surface area contributed by atoms with E-state index in [9.17, 15) is 14.4 Å². The Labute approximate surface area is 137 Å². The normalized spacial score (nSPS) is 17.1. The SMILES string of the molecule is Cn1cc(N2CC[C@@H](NC(=O)c3ccc(C(=O)O)cc3)C2=O)cn1. The molecule has 1 aromatic carbocycles. The molecule has 124 valence electrons. The van der Waals surface area contributed by atoms with Crippen LogP contribution in [0.1, 0.15) is 27.1 Å². The van der Waals surface area contributed by atoms with Crippen molar-refractivity contribution in [1.29, 1.82) is 0 Å². The first-order chi connectivity index (χ1) is 11.5. The third-order valence-corrected chi connectivity index (χ3v) is 3.91. The third-order valence-electron chi connectivity index (χ3n) is 3.91. The molecule has 8 nitrogen and oxygen atoms in total. The number of hydrogen-bond donors (Lipinski definition) is 2. The molecule has 1 atom stereocenters. The molecule has 1 aliphatic rings. The molecule has 8 heteroatoms. The standard InChI is InChI=1S/C16H16N4O4/c1-19-9-12(8-17-19)20-7-6-13(15(20)22)18-14(21)10-2-4-11(5-3-10)16(23)24/h2-5,8-9,13H,6-7H2,1H3,(H,18,21)(H,23,24)/t13-/m1/s1. The van der Waals surface area contributed by atoms with Gasteiger partial charge in [0.15, 0.2) is 0 Å². The minimum Gasteiger partial charge on any atom is -0.478 e. The number of anilines is 1. The lowest BCUT2D eigenvalue weighted by molar-refractivity contribution is -0.118. The lowest BCUT2D eigenvalue weighted by Gasteiger charge is -2.15. The van der Waals surface area contributed by atoms with Gasteiger partial charge in [-0.3, -0.25) is 14.3 Å². The van der Waals surface area contributed by atoms with E-state index in [1.807, 2.05) is 0 Å². The molecule has 1 saturated heterocycles. The maximum absolute atomic E-state index is 12.4. The van der Waals surface area contributed by atoms with Gasteiger partial charge in [0.1, 0.15) is 6.04 Å². The summed E-state index contributed by atoms with van der Waals surface area (Å²) in [5, 5.41) is 15.6. The molecule has 1 aromatic heterocycles. The van der Waals surface area contributed by atoms with Crippen molar-refractivity contribution in [2.75, 3.05) is 11.4 Å². The molecule has 2 heterocycles. The maximum Gasteiger partial charge on any atom is 0.335 e. The Morgan fingerprint density at radius 2 is 1.92 bits per heavy atom. The van der Waals surface area contributed by atoms with Crippen LogP contribution in [0, 0.1) is 0 Å². The fourth-order valence-corrected chi connectivity index (χ4v) is 2.62. The topological polar surface area (TPSA) is 105 Å². The highest BCUT2D eigenvalue weighted by Gasteiger charge is 2.34. The first-order valence-corrected chi connectivity index (χ1v) is 7.40. The van der Waals surface area contributed by atoms with Gasteiger partial charge in [0.2, 0.25) is 5.91 Å². The highest BCUT2D eigenvalue weighted by atomic mass is 16.4. The molecule has 2 amide bonds. The number of aromatic carboxylic acids is 1. The monoisotopic (exact) mass is 328 g/mol. The number of carboxylic acid groups (broad SMARTS) is 1. The van der Waals surface area contributed by atoms with Gasteiger partial charge >= 0.3 is 5.97 Å². The van der Waals surface area contributed by atoms with Crippen LogP contribution < -0.4 is 10.2 Å². The van der Waals surface area contributed by atoms with Crippen molar-refractivity contribution < 1.29 is 19.5 Å². The Bertz CT molecular complexity index is 797. The molecule has 0 spiro atoms. The van der Waals surface area contributed by atoms with Crippen LogP contribution in [0.5, 0.6) is 0 Å². The number of amides is 2. The largest absolute Gasteiger partial charge is 0.478 e. The van der Waals surface area contributed by atoms with E-state index in [1.165, 1.54) is 24.3 Å². The highest BCUT2D eigenvalue weighted by Crippen LogP contribution is 2.21. The number of nitrogens with one attached hydrogen (secondary N) is 1. The number of benzene rings is 1. The second kappa shape index (κ2) is 6.15. The summed E-state index contributed by atoms with van der Waals surface area (Å²) in [5.41, 5.74) is 1.11. The average molecular weight is 328 g/mol.